The van der Waals surface area contributed by atoms with Gasteiger partial charge in [-0.05, 0) is 61.9 Å². The number of ether oxygens (including phenoxy) is 1. The van der Waals surface area contributed by atoms with Gasteiger partial charge in [-0.15, -0.1) is 0 Å². The minimum Gasteiger partial charge on any atom is -0.497 e. The third kappa shape index (κ3) is 4.72. The molecule has 2 aromatic rings. The van der Waals surface area contributed by atoms with Gasteiger partial charge in [0, 0.05) is 6.07 Å². The largest absolute Gasteiger partial charge is 0.497 e. The van der Waals surface area contributed by atoms with E-state index < -0.39 is 16.1 Å². The molecule has 2 aromatic carbocycles. The maximum absolute atomic E-state index is 12.9. The highest BCUT2D eigenvalue weighted by atomic mass is 32.2. The molecule has 1 aliphatic carbocycles. The Bertz CT molecular complexity index is 1000. The number of benzene rings is 2. The Morgan fingerprint density at radius 2 is 1.83 bits per heavy atom. The average Bonchev–Trinajstić information content (AvgIpc) is 3.14. The highest BCUT2D eigenvalue weighted by Crippen LogP contribution is 2.27. The molecule has 0 saturated carbocycles. The Morgan fingerprint density at radius 1 is 1.10 bits per heavy atom. The van der Waals surface area contributed by atoms with Crippen LogP contribution >= 0.6 is 0 Å². The number of rotatable bonds is 7. The molecule has 156 valence electrons. The molecule has 0 heterocycles. The predicted molar refractivity (Wildman–Crippen MR) is 115 cm³/mol. The zero-order valence-electron chi connectivity index (χ0n) is 17.3. The molecule has 0 saturated heterocycles. The van der Waals surface area contributed by atoms with Crippen LogP contribution in [0.4, 0.5) is 5.69 Å². The molecule has 7 heteroatoms. The highest BCUT2D eigenvalue weighted by Gasteiger charge is 2.30. The average molecular weight is 417 g/mol. The van der Waals surface area contributed by atoms with Gasteiger partial charge in [-0.3, -0.25) is 9.10 Å². The number of hydrogen-bond acceptors (Lipinski definition) is 4. The van der Waals surface area contributed by atoms with Crippen molar-refractivity contribution in [3.8, 4) is 5.75 Å². The van der Waals surface area contributed by atoms with E-state index in [2.05, 4.69) is 17.4 Å². The van der Waals surface area contributed by atoms with Gasteiger partial charge in [0.05, 0.1) is 25.1 Å². The Morgan fingerprint density at radius 3 is 2.52 bits per heavy atom. The number of hydrogen-bond donors (Lipinski definition) is 1. The van der Waals surface area contributed by atoms with Gasteiger partial charge in [0.15, 0.2) is 0 Å². The molecule has 0 unspecified atom stereocenters. The zero-order valence-corrected chi connectivity index (χ0v) is 18.1. The summed E-state index contributed by atoms with van der Waals surface area (Å²) in [7, 11) is -2.17. The van der Waals surface area contributed by atoms with Crippen molar-refractivity contribution in [3.63, 3.8) is 0 Å². The van der Waals surface area contributed by atoms with E-state index in [1.807, 2.05) is 13.0 Å². The lowest BCUT2D eigenvalue weighted by atomic mass is 10.0. The van der Waals surface area contributed by atoms with E-state index in [4.69, 9.17) is 4.74 Å². The van der Waals surface area contributed by atoms with Crippen LogP contribution in [0.5, 0.6) is 5.75 Å². The van der Waals surface area contributed by atoms with Crippen molar-refractivity contribution in [3.05, 3.63) is 59.2 Å². The number of carbonyl (C=O) groups excluding carboxylic acids is 1. The van der Waals surface area contributed by atoms with Crippen LogP contribution in [0.3, 0.4) is 0 Å². The summed E-state index contributed by atoms with van der Waals surface area (Å²) in [6, 6.07) is 11.9. The first-order chi connectivity index (χ1) is 13.7. The lowest BCUT2D eigenvalue weighted by Gasteiger charge is -2.29. The molecule has 0 aliphatic heterocycles. The number of nitrogens with one attached hydrogen (secondary N) is 1. The topological polar surface area (TPSA) is 75.7 Å². The van der Waals surface area contributed by atoms with E-state index in [9.17, 15) is 13.2 Å². The summed E-state index contributed by atoms with van der Waals surface area (Å²) in [6.45, 7) is 3.50. The summed E-state index contributed by atoms with van der Waals surface area (Å²) in [5, 5.41) is 2.96. The number of amides is 1. The fraction of sp³-hybridized carbons (Fsp3) is 0.409. The third-order valence-electron chi connectivity index (χ3n) is 5.38. The van der Waals surface area contributed by atoms with Crippen molar-refractivity contribution in [1.82, 2.24) is 5.32 Å². The number of aryl methyl sites for hydroxylation is 2. The summed E-state index contributed by atoms with van der Waals surface area (Å²) in [6.07, 6.45) is 4.44. The first-order valence-corrected chi connectivity index (χ1v) is 11.6. The molecule has 29 heavy (non-hydrogen) atoms. The fourth-order valence-corrected chi connectivity index (χ4v) is 5.00. The minimum atomic E-state index is -3.68. The zero-order chi connectivity index (χ0) is 21.2. The summed E-state index contributed by atoms with van der Waals surface area (Å²) < 4.78 is 31.3. The van der Waals surface area contributed by atoms with Crippen LogP contribution in [0.1, 0.15) is 43.0 Å². The van der Waals surface area contributed by atoms with E-state index in [1.54, 1.807) is 31.2 Å². The van der Waals surface area contributed by atoms with Crippen LogP contribution < -0.4 is 14.4 Å². The van der Waals surface area contributed by atoms with Crippen molar-refractivity contribution < 1.29 is 17.9 Å². The van der Waals surface area contributed by atoms with E-state index >= 15 is 0 Å². The smallest absolute Gasteiger partial charge is 0.244 e. The van der Waals surface area contributed by atoms with Crippen LogP contribution in [0.25, 0.3) is 0 Å². The van der Waals surface area contributed by atoms with E-state index in [0.717, 1.165) is 29.0 Å². The molecule has 3 rings (SSSR count). The fourth-order valence-electron chi connectivity index (χ4n) is 3.83. The standard InChI is InChI=1S/C22H28N2O4S/c1-15(18-12-11-17-7-5-8-19(17)13-18)23-22(25)16(2)24(29(4,26)27)20-9-6-10-21(14-20)28-3/h6,9-16H,5,7-8H2,1-4H3,(H,23,25)/t15-,16-/m0/s1. The number of nitrogens with zero attached hydrogens (tertiary/aromatic N) is 1. The molecule has 0 radical (unpaired) electrons. The lowest BCUT2D eigenvalue weighted by Crippen LogP contribution is -2.48. The second kappa shape index (κ2) is 8.45. The van der Waals surface area contributed by atoms with Crippen molar-refractivity contribution in [2.24, 2.45) is 0 Å². The number of fused-ring (bicyclic) bond motifs is 1. The lowest BCUT2D eigenvalue weighted by molar-refractivity contribution is -0.122. The van der Waals surface area contributed by atoms with Gasteiger partial charge in [-0.25, -0.2) is 8.42 Å². The molecule has 1 N–H and O–H groups in total. The van der Waals surface area contributed by atoms with Crippen LogP contribution in [-0.2, 0) is 27.7 Å². The van der Waals surface area contributed by atoms with Crippen LogP contribution in [0.15, 0.2) is 42.5 Å². The quantitative estimate of drug-likeness (QED) is 0.752. The molecule has 2 atom stereocenters. The van der Waals surface area contributed by atoms with Crippen LogP contribution in [0, 0.1) is 0 Å². The molecule has 0 aromatic heterocycles. The van der Waals surface area contributed by atoms with Crippen molar-refractivity contribution in [2.45, 2.75) is 45.2 Å². The Labute approximate surface area is 172 Å². The summed E-state index contributed by atoms with van der Waals surface area (Å²) in [4.78, 5) is 12.9. The van der Waals surface area contributed by atoms with Crippen LogP contribution in [-0.4, -0.2) is 33.7 Å². The molecule has 0 fully saturated rings. The monoisotopic (exact) mass is 416 g/mol. The van der Waals surface area contributed by atoms with Gasteiger partial charge < -0.3 is 10.1 Å². The molecular formula is C22H28N2O4S. The minimum absolute atomic E-state index is 0.220. The van der Waals surface area contributed by atoms with Gasteiger partial charge in [-0.2, -0.15) is 0 Å². The molecular weight excluding hydrogens is 388 g/mol. The second-order valence-electron chi connectivity index (χ2n) is 7.55. The number of anilines is 1. The van der Waals surface area contributed by atoms with Crippen molar-refractivity contribution in [2.75, 3.05) is 17.7 Å². The maximum Gasteiger partial charge on any atom is 0.244 e. The van der Waals surface area contributed by atoms with Gasteiger partial charge in [0.1, 0.15) is 11.8 Å². The summed E-state index contributed by atoms with van der Waals surface area (Å²) >= 11 is 0. The molecule has 0 bridgehead atoms. The van der Waals surface area contributed by atoms with E-state index in [0.29, 0.717) is 11.4 Å². The first kappa shape index (κ1) is 21.2. The van der Waals surface area contributed by atoms with Gasteiger partial charge in [-0.1, -0.05) is 24.3 Å². The van der Waals surface area contributed by atoms with Gasteiger partial charge in [0.2, 0.25) is 15.9 Å². The van der Waals surface area contributed by atoms with Gasteiger partial charge in [0.25, 0.3) is 0 Å². The van der Waals surface area contributed by atoms with Crippen molar-refractivity contribution >= 4 is 21.6 Å². The number of carbonyl (C=O) groups is 1. The molecule has 0 spiro atoms. The molecule has 6 nitrogen and oxygen atoms in total. The normalized spacial score (nSPS) is 15.3. The maximum atomic E-state index is 12.9. The van der Waals surface area contributed by atoms with E-state index in [-0.39, 0.29) is 11.9 Å². The highest BCUT2D eigenvalue weighted by molar-refractivity contribution is 7.92. The SMILES string of the molecule is COc1cccc(N([C@@H](C)C(=O)N[C@@H](C)c2ccc3c(c2)CCC3)S(C)(=O)=O)c1. The summed E-state index contributed by atoms with van der Waals surface area (Å²) in [5.41, 5.74) is 4.13. The van der Waals surface area contributed by atoms with E-state index in [1.165, 1.54) is 24.7 Å². The predicted octanol–water partition coefficient (Wildman–Crippen LogP) is 3.22. The summed E-state index contributed by atoms with van der Waals surface area (Å²) in [5.74, 6) is 0.168. The number of sulfonamides is 1. The first-order valence-electron chi connectivity index (χ1n) is 9.76. The molecule has 1 amide bonds. The molecule has 1 aliphatic rings. The Balaban J connectivity index is 1.80. The van der Waals surface area contributed by atoms with Crippen molar-refractivity contribution in [1.29, 1.82) is 0 Å². The third-order valence-corrected chi connectivity index (χ3v) is 6.62. The Kier molecular flexibility index (Phi) is 6.17. The Hall–Kier alpha value is -2.54. The van der Waals surface area contributed by atoms with Crippen LogP contribution in [0.2, 0.25) is 0 Å². The number of methoxy groups -OCH3 is 1. The van der Waals surface area contributed by atoms with Gasteiger partial charge >= 0.3 is 0 Å². The second-order valence-corrected chi connectivity index (χ2v) is 9.41.